The topological polar surface area (TPSA) is 89.4 Å². The van der Waals surface area contributed by atoms with Crippen LogP contribution in [0, 0.1) is 0 Å². The number of fused-ring (bicyclic) bond motifs is 1. The Balaban J connectivity index is 1.72. The molecule has 1 aromatic carbocycles. The molecule has 0 aliphatic rings. The fraction of sp³-hybridized carbons (Fsp3) is 0.0833. The van der Waals surface area contributed by atoms with Crippen molar-refractivity contribution in [2.45, 2.75) is 11.0 Å². The van der Waals surface area contributed by atoms with Gasteiger partial charge in [-0.05, 0) is 12.1 Å². The molecule has 3 aromatic rings. The molecule has 0 spiro atoms. The lowest BCUT2D eigenvalue weighted by atomic mass is 10.3. The molecule has 0 unspecified atom stereocenters. The van der Waals surface area contributed by atoms with E-state index in [-0.39, 0.29) is 5.69 Å². The van der Waals surface area contributed by atoms with Crippen molar-refractivity contribution in [2.24, 2.45) is 0 Å². The van der Waals surface area contributed by atoms with E-state index in [1.807, 2.05) is 24.3 Å². The zero-order valence-electron chi connectivity index (χ0n) is 9.57. The Morgan fingerprint density at radius 1 is 1.32 bits per heavy atom. The summed E-state index contributed by atoms with van der Waals surface area (Å²) >= 11 is 1.30. The molecule has 19 heavy (non-hydrogen) atoms. The highest BCUT2D eigenvalue weighted by Gasteiger charge is 2.12. The third kappa shape index (κ3) is 2.45. The fourth-order valence-electron chi connectivity index (χ4n) is 1.51. The first-order valence-corrected chi connectivity index (χ1v) is 6.37. The van der Waals surface area contributed by atoms with Crippen LogP contribution in [0.4, 0.5) is 0 Å². The number of carbonyl (C=O) groups is 1. The SMILES string of the molecule is O=C(O)c1coc(CSc2nc3ccccc3o2)n1. The third-order valence-electron chi connectivity index (χ3n) is 2.36. The van der Waals surface area contributed by atoms with Gasteiger partial charge in [-0.3, -0.25) is 0 Å². The molecule has 1 N–H and O–H groups in total. The highest BCUT2D eigenvalue weighted by atomic mass is 32.2. The monoisotopic (exact) mass is 276 g/mol. The van der Waals surface area contributed by atoms with E-state index < -0.39 is 5.97 Å². The predicted octanol–water partition coefficient (Wildman–Crippen LogP) is 2.81. The Bertz CT molecular complexity index is 701. The molecule has 0 saturated carbocycles. The smallest absolute Gasteiger partial charge is 0.357 e. The van der Waals surface area contributed by atoms with Crippen LogP contribution >= 0.6 is 11.8 Å². The zero-order chi connectivity index (χ0) is 13.2. The Morgan fingerprint density at radius 3 is 2.89 bits per heavy atom. The van der Waals surface area contributed by atoms with Crippen molar-refractivity contribution in [3.8, 4) is 0 Å². The molecular formula is C12H8N2O4S. The van der Waals surface area contributed by atoms with Gasteiger partial charge in [-0.2, -0.15) is 0 Å². The summed E-state index contributed by atoms with van der Waals surface area (Å²) in [4.78, 5) is 18.7. The first-order chi connectivity index (χ1) is 9.22. The quantitative estimate of drug-likeness (QED) is 0.733. The molecule has 0 radical (unpaired) electrons. The average Bonchev–Trinajstić information content (AvgIpc) is 3.02. The number of aromatic nitrogens is 2. The van der Waals surface area contributed by atoms with Gasteiger partial charge < -0.3 is 13.9 Å². The fourth-order valence-corrected chi connectivity index (χ4v) is 2.20. The van der Waals surface area contributed by atoms with Gasteiger partial charge in [0.15, 0.2) is 11.3 Å². The number of hydrogen-bond acceptors (Lipinski definition) is 6. The lowest BCUT2D eigenvalue weighted by molar-refractivity contribution is 0.0690. The second-order valence-corrected chi connectivity index (χ2v) is 4.59. The summed E-state index contributed by atoms with van der Waals surface area (Å²) in [5.74, 6) is -0.424. The first-order valence-electron chi connectivity index (χ1n) is 5.38. The summed E-state index contributed by atoms with van der Waals surface area (Å²) < 4.78 is 10.5. The summed E-state index contributed by atoms with van der Waals surface area (Å²) in [7, 11) is 0. The maximum Gasteiger partial charge on any atom is 0.357 e. The molecule has 6 nitrogen and oxygen atoms in total. The van der Waals surface area contributed by atoms with Crippen molar-refractivity contribution in [2.75, 3.05) is 0 Å². The number of carboxylic acid groups (broad SMARTS) is 1. The van der Waals surface area contributed by atoms with Crippen LogP contribution in [-0.2, 0) is 5.75 Å². The van der Waals surface area contributed by atoms with Crippen LogP contribution in [0.3, 0.4) is 0 Å². The van der Waals surface area contributed by atoms with E-state index in [9.17, 15) is 4.79 Å². The van der Waals surface area contributed by atoms with E-state index in [2.05, 4.69) is 9.97 Å². The second kappa shape index (κ2) is 4.77. The van der Waals surface area contributed by atoms with E-state index in [4.69, 9.17) is 13.9 Å². The van der Waals surface area contributed by atoms with Gasteiger partial charge in [0.25, 0.3) is 5.22 Å². The van der Waals surface area contributed by atoms with Crippen molar-refractivity contribution < 1.29 is 18.7 Å². The van der Waals surface area contributed by atoms with Gasteiger partial charge in [-0.25, -0.2) is 14.8 Å². The molecule has 96 valence electrons. The minimum absolute atomic E-state index is 0.104. The number of aromatic carboxylic acids is 1. The normalized spacial score (nSPS) is 10.9. The maximum absolute atomic E-state index is 10.6. The number of rotatable bonds is 4. The molecule has 0 atom stereocenters. The van der Waals surface area contributed by atoms with Crippen LogP contribution in [-0.4, -0.2) is 21.0 Å². The molecule has 3 rings (SSSR count). The Labute approximate surface area is 111 Å². The van der Waals surface area contributed by atoms with Crippen LogP contribution in [0.25, 0.3) is 11.1 Å². The highest BCUT2D eigenvalue weighted by Crippen LogP contribution is 2.25. The van der Waals surface area contributed by atoms with Crippen LogP contribution in [0.1, 0.15) is 16.4 Å². The minimum atomic E-state index is -1.11. The Morgan fingerprint density at radius 2 is 2.16 bits per heavy atom. The molecule has 0 aliphatic heterocycles. The van der Waals surface area contributed by atoms with E-state index in [1.54, 1.807) is 0 Å². The van der Waals surface area contributed by atoms with Crippen molar-refractivity contribution in [1.82, 2.24) is 9.97 Å². The Hall–Kier alpha value is -2.28. The molecule has 0 amide bonds. The predicted molar refractivity (Wildman–Crippen MR) is 67.0 cm³/mol. The van der Waals surface area contributed by atoms with E-state index in [0.29, 0.717) is 22.4 Å². The molecule has 0 saturated heterocycles. The highest BCUT2D eigenvalue weighted by molar-refractivity contribution is 7.98. The van der Waals surface area contributed by atoms with Crippen LogP contribution in [0.15, 0.2) is 44.6 Å². The number of hydrogen-bond donors (Lipinski definition) is 1. The van der Waals surface area contributed by atoms with Crippen molar-refractivity contribution in [3.05, 3.63) is 42.1 Å². The number of carboxylic acids is 1. The number of benzene rings is 1. The van der Waals surface area contributed by atoms with Gasteiger partial charge in [0.05, 0.1) is 5.75 Å². The van der Waals surface area contributed by atoms with E-state index in [0.717, 1.165) is 11.8 Å². The van der Waals surface area contributed by atoms with Crippen LogP contribution < -0.4 is 0 Å². The van der Waals surface area contributed by atoms with Crippen LogP contribution in [0.5, 0.6) is 0 Å². The standard InChI is InChI=1S/C12H8N2O4S/c15-11(16)8-5-17-10(13-8)6-19-12-14-7-3-1-2-4-9(7)18-12/h1-5H,6H2,(H,15,16). The molecule has 2 heterocycles. The number of thioether (sulfide) groups is 1. The van der Waals surface area contributed by atoms with Gasteiger partial charge in [-0.15, -0.1) is 0 Å². The number of nitrogens with zero attached hydrogens (tertiary/aromatic N) is 2. The summed E-state index contributed by atoms with van der Waals surface area (Å²) in [5, 5.41) is 9.22. The van der Waals surface area contributed by atoms with E-state index >= 15 is 0 Å². The molecule has 0 fully saturated rings. The summed E-state index contributed by atoms with van der Waals surface area (Å²) in [6.45, 7) is 0. The molecule has 7 heteroatoms. The maximum atomic E-state index is 10.6. The first kappa shape index (κ1) is 11.8. The summed E-state index contributed by atoms with van der Waals surface area (Å²) in [6.07, 6.45) is 1.12. The lowest BCUT2D eigenvalue weighted by Crippen LogP contribution is -1.96. The summed E-state index contributed by atoms with van der Waals surface area (Å²) in [6, 6.07) is 7.44. The Kier molecular flexibility index (Phi) is 2.96. The molecule has 0 aliphatic carbocycles. The van der Waals surface area contributed by atoms with Crippen molar-refractivity contribution in [1.29, 1.82) is 0 Å². The second-order valence-electron chi connectivity index (χ2n) is 3.67. The number of para-hydroxylation sites is 2. The largest absolute Gasteiger partial charge is 0.476 e. The van der Waals surface area contributed by atoms with Crippen molar-refractivity contribution in [3.63, 3.8) is 0 Å². The summed E-state index contributed by atoms with van der Waals surface area (Å²) in [5.41, 5.74) is 1.39. The van der Waals surface area contributed by atoms with Gasteiger partial charge in [0.2, 0.25) is 5.89 Å². The van der Waals surface area contributed by atoms with Crippen LogP contribution in [0.2, 0.25) is 0 Å². The van der Waals surface area contributed by atoms with Gasteiger partial charge in [0.1, 0.15) is 11.8 Å². The minimum Gasteiger partial charge on any atom is -0.476 e. The van der Waals surface area contributed by atoms with Gasteiger partial charge >= 0.3 is 5.97 Å². The van der Waals surface area contributed by atoms with E-state index in [1.165, 1.54) is 11.8 Å². The van der Waals surface area contributed by atoms with Crippen molar-refractivity contribution >= 4 is 28.8 Å². The zero-order valence-corrected chi connectivity index (χ0v) is 10.4. The number of oxazole rings is 2. The van der Waals surface area contributed by atoms with Gasteiger partial charge in [-0.1, -0.05) is 23.9 Å². The average molecular weight is 276 g/mol. The molecule has 0 bridgehead atoms. The molecular weight excluding hydrogens is 268 g/mol. The van der Waals surface area contributed by atoms with Gasteiger partial charge in [0, 0.05) is 0 Å². The molecule has 2 aromatic heterocycles. The third-order valence-corrected chi connectivity index (χ3v) is 3.18. The lowest BCUT2D eigenvalue weighted by Gasteiger charge is -1.90.